The fraction of sp³-hybridized carbons (Fsp3) is 0.735. The molecule has 1 aliphatic carbocycles. The second-order valence-electron chi connectivity index (χ2n) is 13.9. The number of carbonyl (C=O) groups excluding carboxylic acids is 2. The van der Waals surface area contributed by atoms with E-state index in [9.17, 15) is 27.2 Å². The van der Waals surface area contributed by atoms with E-state index in [0.717, 1.165) is 64.7 Å². The van der Waals surface area contributed by atoms with Crippen LogP contribution < -0.4 is 0 Å². The van der Waals surface area contributed by atoms with Gasteiger partial charge in [-0.2, -0.15) is 13.2 Å². The second kappa shape index (κ2) is 15.7. The van der Waals surface area contributed by atoms with Crippen LogP contribution in [0.15, 0.2) is 18.2 Å². The van der Waals surface area contributed by atoms with E-state index in [-0.39, 0.29) is 33.7 Å². The number of amides is 2. The van der Waals surface area contributed by atoms with E-state index in [1.807, 2.05) is 4.90 Å². The average molecular weight is 690 g/mol. The molecule has 264 valence electrons. The molecule has 3 heterocycles. The first-order valence-corrected chi connectivity index (χ1v) is 17.3. The van der Waals surface area contributed by atoms with E-state index in [0.29, 0.717) is 24.9 Å². The van der Waals surface area contributed by atoms with Gasteiger partial charge in [-0.3, -0.25) is 9.69 Å². The van der Waals surface area contributed by atoms with Gasteiger partial charge in [0.15, 0.2) is 0 Å². The largest absolute Gasteiger partial charge is 0.490 e. The van der Waals surface area contributed by atoms with Gasteiger partial charge in [-0.15, -0.1) is 0 Å². The molecule has 2 amide bonds. The maximum atomic E-state index is 14.4. The summed E-state index contributed by atoms with van der Waals surface area (Å²) in [7, 11) is 0. The van der Waals surface area contributed by atoms with Crippen LogP contribution >= 0.6 is 11.6 Å². The molecule has 1 aromatic carbocycles. The summed E-state index contributed by atoms with van der Waals surface area (Å²) >= 11 is 6.17. The fourth-order valence-electron chi connectivity index (χ4n) is 7.77. The molecule has 0 radical (unpaired) electrons. The molecular formula is C34H48ClF4N3O5. The predicted molar refractivity (Wildman–Crippen MR) is 170 cm³/mol. The van der Waals surface area contributed by atoms with Crippen LogP contribution in [-0.2, 0) is 9.53 Å². The van der Waals surface area contributed by atoms with Crippen molar-refractivity contribution in [3.8, 4) is 0 Å². The SMILES string of the molecule is CCCCC1CN(CC2CCCCC2)C(=O)OC12CCN(C1(C)CCN(C(=O)c3c(F)cccc3Cl)CC1)CC2.O=C(O)C(F)(F)F. The van der Waals surface area contributed by atoms with E-state index in [4.69, 9.17) is 26.2 Å². The molecule has 1 saturated carbocycles. The third-order valence-electron chi connectivity index (χ3n) is 10.8. The normalized spacial score (nSPS) is 23.6. The van der Waals surface area contributed by atoms with Gasteiger partial charge >= 0.3 is 18.2 Å². The van der Waals surface area contributed by atoms with E-state index in [2.05, 4.69) is 18.7 Å². The number of unbranched alkanes of at least 4 members (excludes halogenated alkanes) is 1. The lowest BCUT2D eigenvalue weighted by molar-refractivity contribution is -0.192. The Morgan fingerprint density at radius 3 is 2.21 bits per heavy atom. The third kappa shape index (κ3) is 9.10. The van der Waals surface area contributed by atoms with Crippen LogP contribution in [0.1, 0.15) is 101 Å². The minimum Gasteiger partial charge on any atom is -0.475 e. The standard InChI is InChI=1S/C32H47ClFN3O3.C2HF3O2/c1-3-4-11-25-23-36(22-24-9-6-5-7-10-24)30(39)40-32(25)16-20-37(21-17-32)31(2)14-18-35(19-15-31)29(38)28-26(33)12-8-13-27(28)34;3-2(4,5)1(6)7/h8,12-13,24-25H,3-7,9-11,14-23H2,1-2H3;(H,6,7). The van der Waals surface area contributed by atoms with Crippen molar-refractivity contribution >= 4 is 29.6 Å². The highest BCUT2D eigenvalue weighted by atomic mass is 35.5. The van der Waals surface area contributed by atoms with Crippen molar-refractivity contribution in [2.24, 2.45) is 11.8 Å². The molecule has 1 unspecified atom stereocenters. The predicted octanol–water partition coefficient (Wildman–Crippen LogP) is 7.78. The molecule has 0 aromatic heterocycles. The van der Waals surface area contributed by atoms with E-state index in [1.54, 1.807) is 11.0 Å². The Hall–Kier alpha value is -2.60. The van der Waals surface area contributed by atoms with E-state index >= 15 is 0 Å². The van der Waals surface area contributed by atoms with Crippen LogP contribution in [-0.4, -0.2) is 94.4 Å². The van der Waals surface area contributed by atoms with Crippen LogP contribution in [0, 0.1) is 17.7 Å². The highest BCUT2D eigenvalue weighted by molar-refractivity contribution is 6.33. The molecule has 3 aliphatic heterocycles. The molecule has 13 heteroatoms. The number of halogens is 5. The van der Waals surface area contributed by atoms with Gasteiger partial charge in [0, 0.05) is 63.6 Å². The van der Waals surface area contributed by atoms with Gasteiger partial charge in [-0.25, -0.2) is 14.0 Å². The molecule has 0 bridgehead atoms. The number of aliphatic carboxylic acids is 1. The van der Waals surface area contributed by atoms with Gasteiger partial charge in [0.1, 0.15) is 11.4 Å². The first-order chi connectivity index (χ1) is 22.2. The van der Waals surface area contributed by atoms with Gasteiger partial charge in [0.05, 0.1) is 10.6 Å². The Kier molecular flexibility index (Phi) is 12.5. The van der Waals surface area contributed by atoms with Gasteiger partial charge < -0.3 is 19.6 Å². The minimum atomic E-state index is -5.08. The number of alkyl halides is 3. The van der Waals surface area contributed by atoms with Crippen molar-refractivity contribution in [3.05, 3.63) is 34.6 Å². The number of piperidine rings is 2. The summed E-state index contributed by atoms with van der Waals surface area (Å²) in [5.74, 6) is -2.64. The van der Waals surface area contributed by atoms with Crippen molar-refractivity contribution in [1.82, 2.24) is 14.7 Å². The van der Waals surface area contributed by atoms with Crippen molar-refractivity contribution < 1.29 is 41.8 Å². The number of hydrogen-bond acceptors (Lipinski definition) is 5. The highest BCUT2D eigenvalue weighted by Crippen LogP contribution is 2.44. The maximum Gasteiger partial charge on any atom is 0.490 e. The Balaban J connectivity index is 0.000000644. The zero-order valence-corrected chi connectivity index (χ0v) is 28.2. The first-order valence-electron chi connectivity index (χ1n) is 17.0. The van der Waals surface area contributed by atoms with Crippen LogP contribution in [0.5, 0.6) is 0 Å². The van der Waals surface area contributed by atoms with E-state index in [1.165, 1.54) is 50.7 Å². The number of carbonyl (C=O) groups is 3. The lowest BCUT2D eigenvalue weighted by Crippen LogP contribution is -2.63. The first kappa shape index (κ1) is 37.2. The second-order valence-corrected chi connectivity index (χ2v) is 14.3. The molecule has 5 rings (SSSR count). The number of rotatable bonds is 7. The van der Waals surface area contributed by atoms with Crippen LogP contribution in [0.2, 0.25) is 5.02 Å². The van der Waals surface area contributed by atoms with Crippen LogP contribution in [0.4, 0.5) is 22.4 Å². The molecule has 4 fully saturated rings. The molecule has 3 saturated heterocycles. The van der Waals surface area contributed by atoms with Crippen molar-refractivity contribution in [1.29, 1.82) is 0 Å². The summed E-state index contributed by atoms with van der Waals surface area (Å²) in [5, 5.41) is 7.29. The van der Waals surface area contributed by atoms with E-state index < -0.39 is 18.0 Å². The fourth-order valence-corrected chi connectivity index (χ4v) is 8.01. The van der Waals surface area contributed by atoms with Gasteiger partial charge in [0.25, 0.3) is 5.91 Å². The molecule has 1 atom stereocenters. The number of carboxylic acids is 1. The lowest BCUT2D eigenvalue weighted by atomic mass is 9.74. The summed E-state index contributed by atoms with van der Waals surface area (Å²) in [4.78, 5) is 41.6. The number of benzene rings is 1. The maximum absolute atomic E-state index is 14.4. The highest BCUT2D eigenvalue weighted by Gasteiger charge is 2.51. The summed E-state index contributed by atoms with van der Waals surface area (Å²) in [6, 6.07) is 4.38. The smallest absolute Gasteiger partial charge is 0.475 e. The summed E-state index contributed by atoms with van der Waals surface area (Å²) in [6.45, 7) is 9.15. The molecule has 1 spiro atoms. The van der Waals surface area contributed by atoms with Gasteiger partial charge in [-0.1, -0.05) is 56.7 Å². The Morgan fingerprint density at radius 2 is 1.66 bits per heavy atom. The number of carboxylic acid groups (broad SMARTS) is 1. The molecule has 1 aromatic rings. The molecule has 47 heavy (non-hydrogen) atoms. The number of ether oxygens (including phenoxy) is 1. The summed E-state index contributed by atoms with van der Waals surface area (Å²) < 4.78 is 52.5. The van der Waals surface area contributed by atoms with Crippen molar-refractivity contribution in [3.63, 3.8) is 0 Å². The minimum absolute atomic E-state index is 0.0255. The monoisotopic (exact) mass is 689 g/mol. The van der Waals surface area contributed by atoms with Crippen molar-refractivity contribution in [2.75, 3.05) is 39.3 Å². The van der Waals surface area contributed by atoms with Crippen LogP contribution in [0.3, 0.4) is 0 Å². The molecule has 4 aliphatic rings. The van der Waals surface area contributed by atoms with Gasteiger partial charge in [-0.05, 0) is 57.1 Å². The van der Waals surface area contributed by atoms with Crippen molar-refractivity contribution in [2.45, 2.75) is 108 Å². The topological polar surface area (TPSA) is 90.4 Å². The zero-order chi connectivity index (χ0) is 34.4. The Labute approximate surface area is 279 Å². The molecule has 8 nitrogen and oxygen atoms in total. The zero-order valence-electron chi connectivity index (χ0n) is 27.4. The Morgan fingerprint density at radius 1 is 1.04 bits per heavy atom. The summed E-state index contributed by atoms with van der Waals surface area (Å²) in [6.07, 6.45) is 8.00. The van der Waals surface area contributed by atoms with Gasteiger partial charge in [0.2, 0.25) is 0 Å². The Bertz CT molecular complexity index is 1220. The van der Waals surface area contributed by atoms with Crippen LogP contribution in [0.25, 0.3) is 0 Å². The molecular weight excluding hydrogens is 642 g/mol. The number of likely N-dealkylation sites (tertiary alicyclic amines) is 2. The molecule has 1 N–H and O–H groups in total. The average Bonchev–Trinajstić information content (AvgIpc) is 3.02. The lowest BCUT2D eigenvalue weighted by Gasteiger charge is -2.55. The quantitative estimate of drug-likeness (QED) is 0.294. The number of hydrogen-bond donors (Lipinski definition) is 1. The number of nitrogens with zero attached hydrogens (tertiary/aromatic N) is 3. The third-order valence-corrected chi connectivity index (χ3v) is 11.1. The summed E-state index contributed by atoms with van der Waals surface area (Å²) in [5.41, 5.74) is -0.426.